The molecule has 0 aliphatic heterocycles. The summed E-state index contributed by atoms with van der Waals surface area (Å²) in [7, 11) is 0. The SMILES string of the molecule is CC(C)(C)c1ccnc(-n2c3[c-]c(Oc4[c-]c(-n5[c-][n+](-c6c(-c7ccccc7)cccc6-c6ccccc6)c6ccccc65)ccc4)ccc3c3cc(-c4cccc5c6ccccc6n(-c6ccccc6)c45)ccc32)c1.[Pt]. The van der Waals surface area contributed by atoms with Crippen molar-refractivity contribution in [3.63, 3.8) is 0 Å². The van der Waals surface area contributed by atoms with Crippen molar-refractivity contribution in [1.82, 2.24) is 18.7 Å². The number of aromatic nitrogens is 5. The van der Waals surface area contributed by atoms with Gasteiger partial charge in [0.05, 0.1) is 27.8 Å². The molecule has 0 radical (unpaired) electrons. The monoisotopic (exact) mass is 1170 g/mol. The van der Waals surface area contributed by atoms with Crippen LogP contribution in [0.4, 0.5) is 0 Å². The van der Waals surface area contributed by atoms with Crippen LogP contribution in [-0.2, 0) is 26.5 Å². The number of fused-ring (bicyclic) bond motifs is 7. The second-order valence-electron chi connectivity index (χ2n) is 20.4. The summed E-state index contributed by atoms with van der Waals surface area (Å²) in [4.78, 5) is 5.02. The molecule has 4 heterocycles. The number of benzene rings is 10. The van der Waals surface area contributed by atoms with E-state index >= 15 is 0 Å². The molecule has 7 heteroatoms. The van der Waals surface area contributed by atoms with Gasteiger partial charge in [-0.2, -0.15) is 18.2 Å². The Bertz CT molecular complexity index is 4470. The molecule has 4 aromatic heterocycles. The van der Waals surface area contributed by atoms with Crippen LogP contribution in [0.25, 0.3) is 111 Å². The first-order chi connectivity index (χ1) is 37.3. The molecule has 0 unspecified atom stereocenters. The van der Waals surface area contributed by atoms with Gasteiger partial charge in [0, 0.05) is 66.3 Å². The van der Waals surface area contributed by atoms with E-state index < -0.39 is 0 Å². The average molecular weight is 1170 g/mol. The zero-order valence-electron chi connectivity index (χ0n) is 42.6. The van der Waals surface area contributed by atoms with E-state index in [1.165, 1.54) is 27.4 Å². The van der Waals surface area contributed by atoms with Crippen LogP contribution in [0.3, 0.4) is 0 Å². The first-order valence-electron chi connectivity index (χ1n) is 25.8. The first kappa shape index (κ1) is 47.6. The van der Waals surface area contributed by atoms with Crippen molar-refractivity contribution in [1.29, 1.82) is 0 Å². The van der Waals surface area contributed by atoms with E-state index in [1.807, 2.05) is 24.4 Å². The number of pyridine rings is 1. The van der Waals surface area contributed by atoms with Crippen molar-refractivity contribution >= 4 is 54.6 Å². The second-order valence-corrected chi connectivity index (χ2v) is 20.4. The molecule has 0 aliphatic carbocycles. The standard InChI is InChI=1S/C70H49N5O.Pt/c1-70(2,3)50-40-41-71-67(43-50)75-63-39-36-49(57-31-19-32-60-58-28-13-14-33-62(58)74(69(57)60)51-24-11-6-12-25-51)42-61(63)59-38-37-54(45-66(59)75)76-53-27-17-26-52(44-53)72-46-73(65-35-16-15-34-64(65)72)68-55(47-20-7-4-8-21-47)29-18-30-56(68)48-22-9-5-10-23-48;/h4-43H,1-3H3;/q-2;. The first-order valence-corrected chi connectivity index (χ1v) is 25.8. The summed E-state index contributed by atoms with van der Waals surface area (Å²) in [6, 6.07) is 90.9. The Kier molecular flexibility index (Phi) is 11.9. The Morgan fingerprint density at radius 2 is 1.09 bits per heavy atom. The summed E-state index contributed by atoms with van der Waals surface area (Å²) < 4.78 is 15.7. The molecule has 0 fully saturated rings. The quantitative estimate of drug-likeness (QED) is 0.107. The van der Waals surface area contributed by atoms with Crippen LogP contribution < -0.4 is 9.30 Å². The summed E-state index contributed by atoms with van der Waals surface area (Å²) in [5, 5.41) is 4.58. The number of rotatable bonds is 9. The van der Waals surface area contributed by atoms with Gasteiger partial charge in [-0.1, -0.05) is 196 Å². The fraction of sp³-hybridized carbons (Fsp3) is 0.0571. The maximum atomic E-state index is 6.81. The van der Waals surface area contributed by atoms with E-state index in [9.17, 15) is 0 Å². The van der Waals surface area contributed by atoms with Crippen molar-refractivity contribution in [3.8, 4) is 67.8 Å². The second kappa shape index (κ2) is 19.2. The van der Waals surface area contributed by atoms with Gasteiger partial charge in [0.25, 0.3) is 6.33 Å². The smallest absolute Gasteiger partial charge is 0.268 e. The molecule has 0 amide bonds. The van der Waals surface area contributed by atoms with Gasteiger partial charge < -0.3 is 18.4 Å². The fourth-order valence-corrected chi connectivity index (χ4v) is 11.1. The van der Waals surface area contributed by atoms with Crippen LogP contribution >= 0.6 is 0 Å². The summed E-state index contributed by atoms with van der Waals surface area (Å²) in [6.07, 6.45) is 5.70. The number of hydrogen-bond donors (Lipinski definition) is 0. The van der Waals surface area contributed by atoms with Gasteiger partial charge in [-0.15, -0.1) is 29.7 Å². The summed E-state index contributed by atoms with van der Waals surface area (Å²) in [6.45, 7) is 6.71. The van der Waals surface area contributed by atoms with Gasteiger partial charge in [0.15, 0.2) is 0 Å². The summed E-state index contributed by atoms with van der Waals surface area (Å²) >= 11 is 0. The van der Waals surface area contributed by atoms with E-state index in [-0.39, 0.29) is 26.5 Å². The zero-order valence-corrected chi connectivity index (χ0v) is 44.8. The van der Waals surface area contributed by atoms with Crippen LogP contribution in [-0.4, -0.2) is 18.7 Å². The third-order valence-electron chi connectivity index (χ3n) is 14.7. The Labute approximate surface area is 461 Å². The van der Waals surface area contributed by atoms with Gasteiger partial charge in [-0.25, -0.2) is 4.98 Å². The molecule has 372 valence electrons. The molecule has 0 atom stereocenters. The Hall–Kier alpha value is -9.09. The molecule has 0 N–H and O–H groups in total. The van der Waals surface area contributed by atoms with Crippen molar-refractivity contribution in [2.24, 2.45) is 0 Å². The van der Waals surface area contributed by atoms with Crippen LogP contribution in [0.1, 0.15) is 26.3 Å². The molecule has 0 saturated carbocycles. The summed E-state index contributed by atoms with van der Waals surface area (Å²) in [5.74, 6) is 1.94. The Balaban J connectivity index is 0.00000566. The van der Waals surface area contributed by atoms with E-state index in [1.54, 1.807) is 0 Å². The minimum absolute atomic E-state index is 0. The molecule has 10 aromatic carbocycles. The van der Waals surface area contributed by atoms with Crippen LogP contribution in [0.5, 0.6) is 11.5 Å². The molecular weight excluding hydrogens is 1120 g/mol. The molecule has 14 aromatic rings. The van der Waals surface area contributed by atoms with Crippen molar-refractivity contribution in [2.45, 2.75) is 26.2 Å². The molecule has 0 spiro atoms. The molecule has 0 aliphatic rings. The van der Waals surface area contributed by atoms with Gasteiger partial charge in [0.1, 0.15) is 5.82 Å². The average Bonchev–Trinajstić information content (AvgIpc) is 4.21. The number of ether oxygens (including phenoxy) is 1. The number of hydrogen-bond acceptors (Lipinski definition) is 2. The predicted octanol–water partition coefficient (Wildman–Crippen LogP) is 17.0. The number of para-hydroxylation sites is 6. The third kappa shape index (κ3) is 8.24. The largest absolute Gasteiger partial charge is 0.510 e. The fourth-order valence-electron chi connectivity index (χ4n) is 11.1. The van der Waals surface area contributed by atoms with E-state index in [4.69, 9.17) is 9.72 Å². The normalized spacial score (nSPS) is 11.7. The van der Waals surface area contributed by atoms with E-state index in [0.717, 1.165) is 89.1 Å². The Morgan fingerprint density at radius 3 is 1.84 bits per heavy atom. The molecule has 14 rings (SSSR count). The topological polar surface area (TPSA) is 40.8 Å². The van der Waals surface area contributed by atoms with Crippen LogP contribution in [0, 0.1) is 18.5 Å². The van der Waals surface area contributed by atoms with E-state index in [2.05, 4.69) is 276 Å². The zero-order chi connectivity index (χ0) is 50.9. The van der Waals surface area contributed by atoms with Gasteiger partial charge >= 0.3 is 0 Å². The van der Waals surface area contributed by atoms with Crippen LogP contribution in [0.15, 0.2) is 243 Å². The molecule has 0 bridgehead atoms. The molecular formula is C70H49N5OPt-2. The van der Waals surface area contributed by atoms with Gasteiger partial charge in [0.2, 0.25) is 0 Å². The minimum Gasteiger partial charge on any atom is -0.510 e. The van der Waals surface area contributed by atoms with Crippen LogP contribution in [0.2, 0.25) is 0 Å². The molecule has 77 heavy (non-hydrogen) atoms. The van der Waals surface area contributed by atoms with Crippen molar-refractivity contribution in [2.75, 3.05) is 0 Å². The maximum Gasteiger partial charge on any atom is 0.268 e. The van der Waals surface area contributed by atoms with Gasteiger partial charge in [-0.3, -0.25) is 4.57 Å². The van der Waals surface area contributed by atoms with Gasteiger partial charge in [-0.05, 0) is 86.3 Å². The predicted molar refractivity (Wildman–Crippen MR) is 309 cm³/mol. The Morgan fingerprint density at radius 1 is 0.468 bits per heavy atom. The maximum absolute atomic E-state index is 6.81. The number of nitrogens with zero attached hydrogens (tertiary/aromatic N) is 5. The third-order valence-corrected chi connectivity index (χ3v) is 14.7. The minimum atomic E-state index is -0.0877. The number of imidazole rings is 1. The van der Waals surface area contributed by atoms with E-state index in [0.29, 0.717) is 11.5 Å². The molecule has 0 saturated heterocycles. The molecule has 6 nitrogen and oxygen atoms in total. The van der Waals surface area contributed by atoms with Crippen molar-refractivity contribution in [3.05, 3.63) is 267 Å². The van der Waals surface area contributed by atoms with Crippen molar-refractivity contribution < 1.29 is 30.4 Å². The summed E-state index contributed by atoms with van der Waals surface area (Å²) in [5.41, 5.74) is 17.1.